The fourth-order valence-electron chi connectivity index (χ4n) is 7.08. The largest absolute Gasteiger partial charge is 0.457 e. The highest BCUT2D eigenvalue weighted by molar-refractivity contribution is 7.00. The zero-order valence-corrected chi connectivity index (χ0v) is 22.6. The number of para-hydroxylation sites is 1. The first-order valence-electron chi connectivity index (χ1n) is 13.5. The van der Waals surface area contributed by atoms with Crippen molar-refractivity contribution < 1.29 is 13.9 Å². The van der Waals surface area contributed by atoms with Gasteiger partial charge in [-0.3, -0.25) is 0 Å². The van der Waals surface area contributed by atoms with Crippen LogP contribution in [-0.4, -0.2) is 12.8 Å². The summed E-state index contributed by atoms with van der Waals surface area (Å²) in [5.41, 5.74) is 12.6. The molecular formula is C34H26BNO3. The number of fused-ring (bicyclic) bond motifs is 6. The molecule has 1 aromatic heterocycles. The number of anilines is 2. The monoisotopic (exact) mass is 507 g/mol. The maximum atomic E-state index is 13.9. The van der Waals surface area contributed by atoms with Crippen LogP contribution in [-0.2, 0) is 0 Å². The van der Waals surface area contributed by atoms with Crippen molar-refractivity contribution in [1.82, 2.24) is 0 Å². The summed E-state index contributed by atoms with van der Waals surface area (Å²) in [6.07, 6.45) is -0.372. The smallest absolute Gasteiger partial charge is 0.424 e. The maximum Gasteiger partial charge on any atom is 0.424 e. The summed E-state index contributed by atoms with van der Waals surface area (Å²) in [7, 11) is 0. The molecule has 0 fully saturated rings. The number of carbonyl (C=O) groups is 1. The first-order chi connectivity index (χ1) is 18.9. The average Bonchev–Trinajstić information content (AvgIpc) is 3.34. The standard InChI is InChI=1S/C34H26BNO3/c1-17-18(2)27-19(3)20(4)29-31-28(27)32(21(17)5)39-34(37)36(31)25-16-15-24-23-13-9-10-14-26(23)38-33(24)30(25)35(29)22-11-7-6-8-12-22/h6-16H,1-5H3. The molecule has 0 aliphatic carbocycles. The van der Waals surface area contributed by atoms with Crippen molar-refractivity contribution in [3.05, 3.63) is 94.5 Å². The van der Waals surface area contributed by atoms with Crippen LogP contribution in [0.3, 0.4) is 0 Å². The molecule has 5 heteroatoms. The number of amides is 1. The minimum atomic E-state index is -0.372. The van der Waals surface area contributed by atoms with Gasteiger partial charge >= 0.3 is 6.09 Å². The van der Waals surface area contributed by atoms with Gasteiger partial charge in [0.25, 0.3) is 6.71 Å². The third kappa shape index (κ3) is 2.67. The van der Waals surface area contributed by atoms with E-state index in [1.807, 2.05) is 18.2 Å². The molecule has 0 N–H and O–H groups in total. The van der Waals surface area contributed by atoms with E-state index in [2.05, 4.69) is 83.1 Å². The summed E-state index contributed by atoms with van der Waals surface area (Å²) in [6, 6.07) is 22.9. The number of rotatable bonds is 1. The van der Waals surface area contributed by atoms with E-state index in [1.165, 1.54) is 33.1 Å². The van der Waals surface area contributed by atoms with E-state index in [0.717, 1.165) is 55.2 Å². The van der Waals surface area contributed by atoms with Gasteiger partial charge in [-0.1, -0.05) is 59.6 Å². The summed E-state index contributed by atoms with van der Waals surface area (Å²) in [6.45, 7) is 10.7. The normalized spacial score (nSPS) is 13.9. The molecule has 0 saturated carbocycles. The molecular weight excluding hydrogens is 481 g/mol. The van der Waals surface area contributed by atoms with Crippen molar-refractivity contribution in [3.8, 4) is 5.75 Å². The molecule has 2 aliphatic heterocycles. The quantitative estimate of drug-likeness (QED) is 0.231. The minimum absolute atomic E-state index is 0.111. The van der Waals surface area contributed by atoms with Crippen LogP contribution in [0.4, 0.5) is 16.2 Å². The molecule has 2 aliphatic rings. The van der Waals surface area contributed by atoms with E-state index >= 15 is 0 Å². The van der Waals surface area contributed by atoms with Crippen LogP contribution in [0.1, 0.15) is 27.8 Å². The molecule has 0 atom stereocenters. The van der Waals surface area contributed by atoms with Gasteiger partial charge in [-0.2, -0.15) is 0 Å². The third-order valence-electron chi connectivity index (χ3n) is 9.26. The van der Waals surface area contributed by atoms with Crippen molar-refractivity contribution in [2.24, 2.45) is 0 Å². The van der Waals surface area contributed by atoms with Gasteiger partial charge in [-0.15, -0.1) is 0 Å². The van der Waals surface area contributed by atoms with Crippen LogP contribution in [0.25, 0.3) is 32.7 Å². The Balaban J connectivity index is 1.62. The number of hydrogen-bond donors (Lipinski definition) is 0. The van der Waals surface area contributed by atoms with Gasteiger partial charge in [-0.25, -0.2) is 9.69 Å². The van der Waals surface area contributed by atoms with E-state index in [1.54, 1.807) is 4.90 Å². The Morgan fingerprint density at radius 3 is 2.18 bits per heavy atom. The number of carbonyl (C=O) groups excluding carboxylic acids is 1. The topological polar surface area (TPSA) is 42.7 Å². The van der Waals surface area contributed by atoms with Crippen LogP contribution >= 0.6 is 0 Å². The molecule has 1 amide bonds. The number of nitrogens with zero attached hydrogens (tertiary/aromatic N) is 1. The molecule has 8 rings (SSSR count). The van der Waals surface area contributed by atoms with Gasteiger partial charge in [0.05, 0.1) is 11.4 Å². The van der Waals surface area contributed by atoms with Crippen LogP contribution in [0.15, 0.2) is 71.1 Å². The lowest BCUT2D eigenvalue weighted by Crippen LogP contribution is -2.60. The predicted octanol–water partition coefficient (Wildman–Crippen LogP) is 6.76. The minimum Gasteiger partial charge on any atom is -0.457 e. The Kier molecular flexibility index (Phi) is 4.34. The number of ether oxygens (including phenoxy) is 1. The Morgan fingerprint density at radius 1 is 0.667 bits per heavy atom. The number of aryl methyl sites for hydroxylation is 2. The summed E-state index contributed by atoms with van der Waals surface area (Å²) < 4.78 is 12.8. The molecule has 39 heavy (non-hydrogen) atoms. The molecule has 0 spiro atoms. The summed E-state index contributed by atoms with van der Waals surface area (Å²) in [4.78, 5) is 15.7. The third-order valence-corrected chi connectivity index (χ3v) is 9.26. The Morgan fingerprint density at radius 2 is 1.38 bits per heavy atom. The van der Waals surface area contributed by atoms with Gasteiger partial charge in [0.15, 0.2) is 0 Å². The highest BCUT2D eigenvalue weighted by Crippen LogP contribution is 2.49. The second-order valence-corrected chi connectivity index (χ2v) is 11.0. The Bertz CT molecular complexity index is 2070. The zero-order valence-electron chi connectivity index (χ0n) is 22.6. The Labute approximate surface area is 226 Å². The van der Waals surface area contributed by atoms with E-state index in [4.69, 9.17) is 9.15 Å². The SMILES string of the molecule is Cc1c(C)c2c3c4c(c(C)c(C)c3c1C)B(c1ccccc1)c1c(ccc3c1oc1ccccc13)N4C(=O)O2. The van der Waals surface area contributed by atoms with Gasteiger partial charge in [-0.05, 0) is 91.4 Å². The fraction of sp³-hybridized carbons (Fsp3) is 0.147. The van der Waals surface area contributed by atoms with Gasteiger partial charge in [0.1, 0.15) is 16.9 Å². The molecule has 4 nitrogen and oxygen atoms in total. The molecule has 0 saturated heterocycles. The van der Waals surface area contributed by atoms with Crippen LogP contribution in [0.2, 0.25) is 0 Å². The lowest BCUT2D eigenvalue weighted by atomic mass is 9.34. The second-order valence-electron chi connectivity index (χ2n) is 11.0. The van der Waals surface area contributed by atoms with Crippen molar-refractivity contribution in [2.45, 2.75) is 34.6 Å². The number of furan rings is 1. The molecule has 3 heterocycles. The van der Waals surface area contributed by atoms with E-state index in [0.29, 0.717) is 5.75 Å². The number of hydrogen-bond acceptors (Lipinski definition) is 3. The predicted molar refractivity (Wildman–Crippen MR) is 161 cm³/mol. The molecule has 188 valence electrons. The molecule has 5 aromatic carbocycles. The van der Waals surface area contributed by atoms with E-state index in [9.17, 15) is 4.79 Å². The lowest BCUT2D eigenvalue weighted by Gasteiger charge is -2.40. The van der Waals surface area contributed by atoms with Crippen LogP contribution in [0, 0.1) is 34.6 Å². The first-order valence-corrected chi connectivity index (χ1v) is 13.5. The van der Waals surface area contributed by atoms with Crippen LogP contribution in [0.5, 0.6) is 5.75 Å². The Hall–Kier alpha value is -4.51. The summed E-state index contributed by atoms with van der Waals surface area (Å²) in [5, 5.41) is 4.34. The van der Waals surface area contributed by atoms with E-state index < -0.39 is 0 Å². The second kappa shape index (κ2) is 7.54. The maximum absolute atomic E-state index is 13.9. The number of benzene rings is 5. The highest BCUT2D eigenvalue weighted by Gasteiger charge is 2.45. The van der Waals surface area contributed by atoms with Gasteiger partial charge in [0.2, 0.25) is 0 Å². The average molecular weight is 507 g/mol. The van der Waals surface area contributed by atoms with Gasteiger partial charge < -0.3 is 9.15 Å². The van der Waals surface area contributed by atoms with Crippen molar-refractivity contribution in [2.75, 3.05) is 4.90 Å². The van der Waals surface area contributed by atoms with Crippen LogP contribution < -0.4 is 26.0 Å². The summed E-state index contributed by atoms with van der Waals surface area (Å²) in [5.74, 6) is 0.689. The fourth-order valence-corrected chi connectivity index (χ4v) is 7.08. The highest BCUT2D eigenvalue weighted by atomic mass is 16.6. The summed E-state index contributed by atoms with van der Waals surface area (Å²) >= 11 is 0. The van der Waals surface area contributed by atoms with Gasteiger partial charge in [0, 0.05) is 16.2 Å². The zero-order chi connectivity index (χ0) is 26.7. The van der Waals surface area contributed by atoms with Crippen molar-refractivity contribution in [3.63, 3.8) is 0 Å². The van der Waals surface area contributed by atoms with Crippen molar-refractivity contribution >= 4 is 73.3 Å². The van der Waals surface area contributed by atoms with Crippen molar-refractivity contribution in [1.29, 1.82) is 0 Å². The molecule has 0 bridgehead atoms. The lowest BCUT2D eigenvalue weighted by molar-refractivity contribution is 0.209. The first kappa shape index (κ1) is 22.5. The van der Waals surface area contributed by atoms with E-state index in [-0.39, 0.29) is 12.8 Å². The molecule has 0 radical (unpaired) electrons. The molecule has 6 aromatic rings. The molecule has 0 unspecified atom stereocenters.